The van der Waals surface area contributed by atoms with Gasteiger partial charge in [-0.2, -0.15) is 13.2 Å². The molecule has 0 bridgehead atoms. The van der Waals surface area contributed by atoms with Crippen LogP contribution in [-0.2, 0) is 0 Å². The van der Waals surface area contributed by atoms with Gasteiger partial charge in [-0.15, -0.1) is 0 Å². The number of halogens is 3. The average Bonchev–Trinajstić information content (AvgIpc) is 2.87. The fourth-order valence-corrected chi connectivity index (χ4v) is 2.64. The molecule has 3 heterocycles. The van der Waals surface area contributed by atoms with E-state index in [1.54, 1.807) is 19.2 Å². The molecule has 1 N–H and O–H groups in total. The average molecular weight is 348 g/mol. The van der Waals surface area contributed by atoms with E-state index in [1.807, 2.05) is 13.0 Å². The zero-order valence-corrected chi connectivity index (χ0v) is 13.5. The quantitative estimate of drug-likeness (QED) is 0.789. The molecule has 130 valence electrons. The lowest BCUT2D eigenvalue weighted by Gasteiger charge is -2.21. The smallest absolute Gasteiger partial charge is 0.335 e. The van der Waals surface area contributed by atoms with Gasteiger partial charge in [0.05, 0.1) is 5.69 Å². The molecule has 8 heteroatoms. The standard InChI is InChI=1S/C17H15F3N4O/c1-10-5-6-13-22-11(2)14(24(13)9-10)16(25)23-15(17(18,19)20)12-4-3-7-21-8-12/h3-9,15H,1-2H3,(H,23,25)/t15-/m1/s1. The van der Waals surface area contributed by atoms with Crippen LogP contribution in [0.1, 0.15) is 33.4 Å². The van der Waals surface area contributed by atoms with Crippen molar-refractivity contribution in [3.63, 3.8) is 0 Å². The van der Waals surface area contributed by atoms with Crippen LogP contribution < -0.4 is 5.32 Å². The first kappa shape index (κ1) is 16.9. The second-order valence-electron chi connectivity index (χ2n) is 5.71. The molecule has 0 saturated carbocycles. The number of aromatic nitrogens is 3. The Morgan fingerprint density at radius 3 is 2.64 bits per heavy atom. The molecule has 0 unspecified atom stereocenters. The number of carbonyl (C=O) groups excluding carboxylic acids is 1. The number of imidazole rings is 1. The van der Waals surface area contributed by atoms with E-state index in [2.05, 4.69) is 15.3 Å². The first-order chi connectivity index (χ1) is 11.8. The molecule has 3 rings (SSSR count). The Bertz CT molecular complexity index is 919. The van der Waals surface area contributed by atoms with Crippen LogP contribution in [0.15, 0.2) is 42.9 Å². The van der Waals surface area contributed by atoms with E-state index in [0.29, 0.717) is 11.3 Å². The number of hydrogen-bond acceptors (Lipinski definition) is 3. The van der Waals surface area contributed by atoms with Crippen molar-refractivity contribution in [1.82, 2.24) is 19.7 Å². The topological polar surface area (TPSA) is 59.3 Å². The molecule has 0 saturated heterocycles. The van der Waals surface area contributed by atoms with Crippen LogP contribution in [0.5, 0.6) is 0 Å². The van der Waals surface area contributed by atoms with E-state index < -0.39 is 18.1 Å². The third-order valence-electron chi connectivity index (χ3n) is 3.78. The Morgan fingerprint density at radius 2 is 2.00 bits per heavy atom. The fourth-order valence-electron chi connectivity index (χ4n) is 2.64. The summed E-state index contributed by atoms with van der Waals surface area (Å²) in [5.41, 5.74) is 1.66. The highest BCUT2D eigenvalue weighted by Gasteiger charge is 2.42. The van der Waals surface area contributed by atoms with Crippen LogP contribution in [0.2, 0.25) is 0 Å². The van der Waals surface area contributed by atoms with E-state index in [-0.39, 0.29) is 11.3 Å². The van der Waals surface area contributed by atoms with Crippen LogP contribution in [0.25, 0.3) is 5.65 Å². The molecular weight excluding hydrogens is 333 g/mol. The minimum absolute atomic E-state index is 0.0804. The second-order valence-corrected chi connectivity index (χ2v) is 5.71. The number of amides is 1. The summed E-state index contributed by atoms with van der Waals surface area (Å²) < 4.78 is 41.8. The van der Waals surface area contributed by atoms with Gasteiger partial charge in [0.15, 0.2) is 6.04 Å². The third-order valence-corrected chi connectivity index (χ3v) is 3.78. The van der Waals surface area contributed by atoms with Crippen LogP contribution in [0.3, 0.4) is 0 Å². The van der Waals surface area contributed by atoms with Crippen LogP contribution in [0.4, 0.5) is 13.2 Å². The Hall–Kier alpha value is -2.90. The molecule has 3 aromatic rings. The normalized spacial score (nSPS) is 13.0. The Balaban J connectivity index is 2.00. The highest BCUT2D eigenvalue weighted by molar-refractivity contribution is 5.95. The van der Waals surface area contributed by atoms with E-state index >= 15 is 0 Å². The molecule has 0 aliphatic carbocycles. The molecular formula is C17H15F3N4O. The van der Waals surface area contributed by atoms with Crippen molar-refractivity contribution < 1.29 is 18.0 Å². The summed E-state index contributed by atoms with van der Waals surface area (Å²) >= 11 is 0. The fraction of sp³-hybridized carbons (Fsp3) is 0.235. The van der Waals surface area contributed by atoms with Gasteiger partial charge in [-0.3, -0.25) is 14.2 Å². The third kappa shape index (κ3) is 3.33. The number of nitrogens with one attached hydrogen (secondary N) is 1. The summed E-state index contributed by atoms with van der Waals surface area (Å²) in [6, 6.07) is 4.04. The monoisotopic (exact) mass is 348 g/mol. The molecule has 0 aliphatic rings. The SMILES string of the molecule is Cc1ccc2nc(C)c(C(=O)N[C@H](c3cccnc3)C(F)(F)F)n2c1. The van der Waals surface area contributed by atoms with Crippen molar-refractivity contribution in [3.8, 4) is 0 Å². The number of alkyl halides is 3. The van der Waals surface area contributed by atoms with Gasteiger partial charge in [-0.25, -0.2) is 4.98 Å². The van der Waals surface area contributed by atoms with Gasteiger partial charge in [0.2, 0.25) is 0 Å². The maximum atomic E-state index is 13.4. The van der Waals surface area contributed by atoms with Crippen molar-refractivity contribution in [2.45, 2.75) is 26.1 Å². The van der Waals surface area contributed by atoms with Gasteiger partial charge in [0.1, 0.15) is 11.3 Å². The van der Waals surface area contributed by atoms with Crippen molar-refractivity contribution in [2.24, 2.45) is 0 Å². The van der Waals surface area contributed by atoms with Gasteiger partial charge in [-0.1, -0.05) is 12.1 Å². The molecule has 3 aromatic heterocycles. The van der Waals surface area contributed by atoms with Gasteiger partial charge >= 0.3 is 6.18 Å². The largest absolute Gasteiger partial charge is 0.412 e. The van der Waals surface area contributed by atoms with Crippen LogP contribution in [-0.4, -0.2) is 26.5 Å². The molecule has 0 fully saturated rings. The summed E-state index contributed by atoms with van der Waals surface area (Å²) in [7, 11) is 0. The van der Waals surface area contributed by atoms with Crippen molar-refractivity contribution >= 4 is 11.6 Å². The molecule has 5 nitrogen and oxygen atoms in total. The summed E-state index contributed by atoms with van der Waals surface area (Å²) in [5, 5.41) is 2.06. The maximum Gasteiger partial charge on any atom is 0.412 e. The van der Waals surface area contributed by atoms with Crippen molar-refractivity contribution in [2.75, 3.05) is 0 Å². The van der Waals surface area contributed by atoms with E-state index in [4.69, 9.17) is 0 Å². The number of fused-ring (bicyclic) bond motifs is 1. The Kier molecular flexibility index (Phi) is 4.20. The number of hydrogen-bond donors (Lipinski definition) is 1. The predicted molar refractivity (Wildman–Crippen MR) is 85.2 cm³/mol. The lowest BCUT2D eigenvalue weighted by Crippen LogP contribution is -2.38. The first-order valence-electron chi connectivity index (χ1n) is 7.50. The molecule has 0 aromatic carbocycles. The van der Waals surface area contributed by atoms with Crippen molar-refractivity contribution in [1.29, 1.82) is 0 Å². The summed E-state index contributed by atoms with van der Waals surface area (Å²) in [6.07, 6.45) is -0.528. The summed E-state index contributed by atoms with van der Waals surface area (Å²) in [5.74, 6) is -0.846. The Labute approximate surface area is 141 Å². The minimum atomic E-state index is -4.65. The second kappa shape index (κ2) is 6.19. The highest BCUT2D eigenvalue weighted by Crippen LogP contribution is 2.32. The minimum Gasteiger partial charge on any atom is -0.335 e. The van der Waals surface area contributed by atoms with Gasteiger partial charge in [0.25, 0.3) is 5.91 Å². The van der Waals surface area contributed by atoms with Crippen molar-refractivity contribution in [3.05, 3.63) is 65.4 Å². The molecule has 0 radical (unpaired) electrons. The van der Waals surface area contributed by atoms with Gasteiger partial charge < -0.3 is 5.32 Å². The van der Waals surface area contributed by atoms with E-state index in [9.17, 15) is 18.0 Å². The zero-order valence-electron chi connectivity index (χ0n) is 13.5. The summed E-state index contributed by atoms with van der Waals surface area (Å²) in [4.78, 5) is 20.5. The number of rotatable bonds is 3. The van der Waals surface area contributed by atoms with Crippen LogP contribution >= 0.6 is 0 Å². The number of aryl methyl sites for hydroxylation is 2. The van der Waals surface area contributed by atoms with Gasteiger partial charge in [-0.05, 0) is 31.5 Å². The number of carbonyl (C=O) groups is 1. The molecule has 1 atom stereocenters. The molecule has 0 spiro atoms. The molecule has 1 amide bonds. The highest BCUT2D eigenvalue weighted by atomic mass is 19.4. The number of nitrogens with zero attached hydrogens (tertiary/aromatic N) is 3. The first-order valence-corrected chi connectivity index (χ1v) is 7.50. The lowest BCUT2D eigenvalue weighted by molar-refractivity contribution is -0.155. The zero-order chi connectivity index (χ0) is 18.2. The van der Waals surface area contributed by atoms with E-state index in [1.165, 1.54) is 22.7 Å². The Morgan fingerprint density at radius 1 is 1.24 bits per heavy atom. The summed E-state index contributed by atoms with van der Waals surface area (Å²) in [6.45, 7) is 3.41. The molecule has 0 aliphatic heterocycles. The lowest BCUT2D eigenvalue weighted by atomic mass is 10.1. The number of pyridine rings is 2. The van der Waals surface area contributed by atoms with Gasteiger partial charge in [0, 0.05) is 24.2 Å². The van der Waals surface area contributed by atoms with Crippen LogP contribution in [0, 0.1) is 13.8 Å². The maximum absolute atomic E-state index is 13.4. The molecule has 25 heavy (non-hydrogen) atoms. The predicted octanol–water partition coefficient (Wildman–Crippen LogP) is 3.38. The van der Waals surface area contributed by atoms with E-state index in [0.717, 1.165) is 11.8 Å².